The summed E-state index contributed by atoms with van der Waals surface area (Å²) in [6, 6.07) is 4.62. The molecule has 0 aromatic heterocycles. The Balaban J connectivity index is 3.10. The van der Waals surface area contributed by atoms with Crippen LogP contribution in [0.4, 0.5) is 0 Å². The summed E-state index contributed by atoms with van der Waals surface area (Å²) in [5, 5.41) is 9.46. The zero-order chi connectivity index (χ0) is 9.84. The lowest BCUT2D eigenvalue weighted by Crippen LogP contribution is -2.11. The lowest BCUT2D eigenvalue weighted by molar-refractivity contribution is 0.0997. The highest BCUT2D eigenvalue weighted by atomic mass is 16.5. The van der Waals surface area contributed by atoms with Crippen LogP contribution in [0.15, 0.2) is 18.2 Å². The maximum Gasteiger partial charge on any atom is 0.252 e. The molecule has 0 fully saturated rings. The summed E-state index contributed by atoms with van der Waals surface area (Å²) in [5.41, 5.74) is 5.10. The fourth-order valence-corrected chi connectivity index (χ4v) is 0.993. The molecule has 0 bridgehead atoms. The number of benzene rings is 1. The van der Waals surface area contributed by atoms with Gasteiger partial charge in [-0.15, -0.1) is 0 Å². The van der Waals surface area contributed by atoms with Gasteiger partial charge in [-0.25, -0.2) is 0 Å². The number of primary amides is 1. The van der Waals surface area contributed by atoms with Gasteiger partial charge in [-0.05, 0) is 19.1 Å². The van der Waals surface area contributed by atoms with Crippen molar-refractivity contribution in [2.75, 3.05) is 6.61 Å². The molecule has 0 unspecified atom stereocenters. The van der Waals surface area contributed by atoms with Crippen LogP contribution < -0.4 is 10.5 Å². The molecule has 4 nitrogen and oxygen atoms in total. The van der Waals surface area contributed by atoms with Gasteiger partial charge in [0.1, 0.15) is 0 Å². The van der Waals surface area contributed by atoms with Gasteiger partial charge in [-0.1, -0.05) is 6.07 Å². The summed E-state index contributed by atoms with van der Waals surface area (Å²) in [6.07, 6.45) is 0. The third kappa shape index (κ3) is 1.90. The third-order valence-electron chi connectivity index (χ3n) is 1.56. The number of carbonyl (C=O) groups excluding carboxylic acids is 1. The van der Waals surface area contributed by atoms with Crippen molar-refractivity contribution < 1.29 is 14.6 Å². The van der Waals surface area contributed by atoms with E-state index in [9.17, 15) is 9.90 Å². The summed E-state index contributed by atoms with van der Waals surface area (Å²) in [7, 11) is 0. The van der Waals surface area contributed by atoms with E-state index in [-0.39, 0.29) is 17.1 Å². The minimum Gasteiger partial charge on any atom is -0.504 e. The van der Waals surface area contributed by atoms with Gasteiger partial charge < -0.3 is 15.6 Å². The second kappa shape index (κ2) is 3.80. The van der Waals surface area contributed by atoms with Crippen LogP contribution in [-0.2, 0) is 0 Å². The molecule has 4 heteroatoms. The summed E-state index contributed by atoms with van der Waals surface area (Å²) in [6.45, 7) is 2.21. The highest BCUT2D eigenvalue weighted by Gasteiger charge is 2.11. The number of phenols is 1. The molecular weight excluding hydrogens is 170 g/mol. The Bertz CT molecular complexity index is 323. The molecule has 70 valence electrons. The number of nitrogens with two attached hydrogens (primary N) is 1. The quantitative estimate of drug-likeness (QED) is 0.727. The zero-order valence-electron chi connectivity index (χ0n) is 7.28. The van der Waals surface area contributed by atoms with E-state index in [1.54, 1.807) is 19.1 Å². The van der Waals surface area contributed by atoms with Crippen LogP contribution in [-0.4, -0.2) is 17.6 Å². The fraction of sp³-hybridized carbons (Fsp3) is 0.222. The maximum absolute atomic E-state index is 10.8. The van der Waals surface area contributed by atoms with Crippen molar-refractivity contribution in [1.29, 1.82) is 0 Å². The van der Waals surface area contributed by atoms with Crippen molar-refractivity contribution in [3.8, 4) is 11.5 Å². The van der Waals surface area contributed by atoms with E-state index >= 15 is 0 Å². The zero-order valence-corrected chi connectivity index (χ0v) is 7.28. The lowest BCUT2D eigenvalue weighted by atomic mass is 10.2. The molecule has 1 amide bonds. The van der Waals surface area contributed by atoms with Crippen LogP contribution in [0.5, 0.6) is 11.5 Å². The first kappa shape index (κ1) is 9.38. The van der Waals surface area contributed by atoms with E-state index in [0.29, 0.717) is 6.61 Å². The van der Waals surface area contributed by atoms with E-state index in [0.717, 1.165) is 0 Å². The molecule has 1 aromatic carbocycles. The molecule has 0 aliphatic rings. The molecule has 1 rings (SSSR count). The molecular formula is C9H11NO3. The van der Waals surface area contributed by atoms with Crippen LogP contribution in [0, 0.1) is 0 Å². The average Bonchev–Trinajstić information content (AvgIpc) is 2.08. The Morgan fingerprint density at radius 1 is 1.62 bits per heavy atom. The number of ether oxygens (including phenoxy) is 1. The van der Waals surface area contributed by atoms with Gasteiger partial charge in [0.25, 0.3) is 5.91 Å². The monoisotopic (exact) mass is 181 g/mol. The topological polar surface area (TPSA) is 72.5 Å². The maximum atomic E-state index is 10.8. The first-order chi connectivity index (χ1) is 6.16. The van der Waals surface area contributed by atoms with Crippen molar-refractivity contribution in [3.63, 3.8) is 0 Å². The molecule has 0 spiro atoms. The van der Waals surface area contributed by atoms with Gasteiger partial charge in [0.2, 0.25) is 0 Å². The van der Waals surface area contributed by atoms with Gasteiger partial charge in [0.05, 0.1) is 12.2 Å². The summed E-state index contributed by atoms with van der Waals surface area (Å²) in [5.74, 6) is -0.588. The van der Waals surface area contributed by atoms with Crippen LogP contribution in [0.3, 0.4) is 0 Å². The van der Waals surface area contributed by atoms with Gasteiger partial charge in [-0.2, -0.15) is 0 Å². The average molecular weight is 181 g/mol. The fourth-order valence-electron chi connectivity index (χ4n) is 0.993. The summed E-state index contributed by atoms with van der Waals surface area (Å²) >= 11 is 0. The summed E-state index contributed by atoms with van der Waals surface area (Å²) in [4.78, 5) is 10.8. The summed E-state index contributed by atoms with van der Waals surface area (Å²) < 4.78 is 5.07. The largest absolute Gasteiger partial charge is 0.504 e. The predicted octanol–water partition coefficient (Wildman–Crippen LogP) is 0.890. The lowest BCUT2D eigenvalue weighted by Gasteiger charge is -2.07. The Labute approximate surface area is 75.9 Å². The molecule has 0 aliphatic carbocycles. The molecule has 0 aliphatic heterocycles. The molecule has 3 N–H and O–H groups in total. The van der Waals surface area contributed by atoms with Crippen molar-refractivity contribution >= 4 is 5.91 Å². The SMILES string of the molecule is CCOc1cccc(C(N)=O)c1O. The Kier molecular flexibility index (Phi) is 2.74. The molecule has 1 aromatic rings. The van der Waals surface area contributed by atoms with Gasteiger partial charge in [0.15, 0.2) is 11.5 Å². The first-order valence-electron chi connectivity index (χ1n) is 3.91. The Morgan fingerprint density at radius 2 is 2.31 bits per heavy atom. The van der Waals surface area contributed by atoms with E-state index in [4.69, 9.17) is 10.5 Å². The predicted molar refractivity (Wildman–Crippen MR) is 47.8 cm³/mol. The van der Waals surface area contributed by atoms with Crippen molar-refractivity contribution in [3.05, 3.63) is 23.8 Å². The Hall–Kier alpha value is -1.71. The smallest absolute Gasteiger partial charge is 0.252 e. The number of amides is 1. The van der Waals surface area contributed by atoms with Crippen LogP contribution in [0.2, 0.25) is 0 Å². The van der Waals surface area contributed by atoms with Crippen molar-refractivity contribution in [1.82, 2.24) is 0 Å². The van der Waals surface area contributed by atoms with Crippen molar-refractivity contribution in [2.45, 2.75) is 6.92 Å². The molecule has 0 saturated carbocycles. The normalized spacial score (nSPS) is 9.62. The second-order valence-corrected chi connectivity index (χ2v) is 2.45. The number of carbonyl (C=O) groups is 1. The minimum absolute atomic E-state index is 0.0750. The number of para-hydroxylation sites is 1. The molecule has 0 heterocycles. The number of rotatable bonds is 3. The van der Waals surface area contributed by atoms with Crippen molar-refractivity contribution in [2.24, 2.45) is 5.73 Å². The molecule has 0 saturated heterocycles. The molecule has 0 radical (unpaired) electrons. The van der Waals surface area contributed by atoms with E-state index in [1.165, 1.54) is 6.07 Å². The van der Waals surface area contributed by atoms with E-state index in [1.807, 2.05) is 0 Å². The van der Waals surface area contributed by atoms with Gasteiger partial charge in [0, 0.05) is 0 Å². The second-order valence-electron chi connectivity index (χ2n) is 2.45. The van der Waals surface area contributed by atoms with Gasteiger partial charge in [-0.3, -0.25) is 4.79 Å². The number of hydrogen-bond acceptors (Lipinski definition) is 3. The van der Waals surface area contributed by atoms with Gasteiger partial charge >= 0.3 is 0 Å². The van der Waals surface area contributed by atoms with Crippen LogP contribution in [0.1, 0.15) is 17.3 Å². The standard InChI is InChI=1S/C9H11NO3/c1-2-13-7-5-3-4-6(8(7)11)9(10)12/h3-5,11H,2H2,1H3,(H2,10,12). The molecule has 13 heavy (non-hydrogen) atoms. The highest BCUT2D eigenvalue weighted by Crippen LogP contribution is 2.29. The van der Waals surface area contributed by atoms with Crippen LogP contribution >= 0.6 is 0 Å². The molecule has 0 atom stereocenters. The third-order valence-corrected chi connectivity index (χ3v) is 1.56. The van der Waals surface area contributed by atoms with E-state index < -0.39 is 5.91 Å². The van der Waals surface area contributed by atoms with E-state index in [2.05, 4.69) is 0 Å². The first-order valence-corrected chi connectivity index (χ1v) is 3.91. The highest BCUT2D eigenvalue weighted by molar-refractivity contribution is 5.96. The Morgan fingerprint density at radius 3 is 2.85 bits per heavy atom. The minimum atomic E-state index is -0.668. The number of aromatic hydroxyl groups is 1. The van der Waals surface area contributed by atoms with Crippen LogP contribution in [0.25, 0.3) is 0 Å². The number of hydrogen-bond donors (Lipinski definition) is 2.